The molecule has 0 aliphatic carbocycles. The van der Waals surface area contributed by atoms with Gasteiger partial charge in [0.1, 0.15) is 6.04 Å². The highest BCUT2D eigenvalue weighted by molar-refractivity contribution is 5.86. The predicted octanol–water partition coefficient (Wildman–Crippen LogP) is -0.607. The van der Waals surface area contributed by atoms with E-state index in [0.29, 0.717) is 19.7 Å². The molecule has 2 rings (SSSR count). The summed E-state index contributed by atoms with van der Waals surface area (Å²) in [6, 6.07) is -0.745. The van der Waals surface area contributed by atoms with E-state index in [1.54, 1.807) is 11.9 Å². The van der Waals surface area contributed by atoms with Gasteiger partial charge in [0.2, 0.25) is 5.91 Å². The summed E-state index contributed by atoms with van der Waals surface area (Å²) in [4.78, 5) is 26.2. The standard InChI is InChI=1S/C11H18N2O4/c1-12-6-9(11(15)16)13(10(14)7-12)5-8-3-2-4-17-8/h8-9H,2-7H2,1H3,(H,15,16). The Labute approximate surface area is 100 Å². The van der Waals surface area contributed by atoms with Crippen LogP contribution < -0.4 is 0 Å². The van der Waals surface area contributed by atoms with Gasteiger partial charge in [-0.15, -0.1) is 0 Å². The number of carbonyl (C=O) groups excluding carboxylic acids is 1. The smallest absolute Gasteiger partial charge is 0.327 e. The third-order valence-electron chi connectivity index (χ3n) is 3.30. The van der Waals surface area contributed by atoms with Crippen LogP contribution in [-0.4, -0.2) is 72.2 Å². The van der Waals surface area contributed by atoms with Gasteiger partial charge in [-0.2, -0.15) is 0 Å². The lowest BCUT2D eigenvalue weighted by molar-refractivity contribution is -0.156. The van der Waals surface area contributed by atoms with E-state index in [4.69, 9.17) is 9.84 Å². The highest BCUT2D eigenvalue weighted by Gasteiger charge is 2.37. The molecule has 2 atom stereocenters. The van der Waals surface area contributed by atoms with Crippen molar-refractivity contribution in [2.45, 2.75) is 25.0 Å². The van der Waals surface area contributed by atoms with Gasteiger partial charge in [0, 0.05) is 19.7 Å². The molecule has 2 unspecified atom stereocenters. The molecule has 0 aromatic carbocycles. The number of likely N-dealkylation sites (N-methyl/N-ethyl adjacent to an activating group) is 1. The maximum absolute atomic E-state index is 11.9. The number of nitrogens with zero attached hydrogens (tertiary/aromatic N) is 2. The average Bonchev–Trinajstić information content (AvgIpc) is 2.74. The molecule has 0 bridgehead atoms. The number of hydrogen-bond donors (Lipinski definition) is 1. The maximum Gasteiger partial charge on any atom is 0.327 e. The van der Waals surface area contributed by atoms with Crippen LogP contribution in [0.5, 0.6) is 0 Å². The van der Waals surface area contributed by atoms with Crippen LogP contribution in [0.4, 0.5) is 0 Å². The van der Waals surface area contributed by atoms with E-state index in [-0.39, 0.29) is 18.6 Å². The van der Waals surface area contributed by atoms with Crippen molar-refractivity contribution in [3.8, 4) is 0 Å². The Morgan fingerprint density at radius 2 is 2.35 bits per heavy atom. The molecule has 2 aliphatic heterocycles. The van der Waals surface area contributed by atoms with Crippen molar-refractivity contribution < 1.29 is 19.4 Å². The fourth-order valence-electron chi connectivity index (χ4n) is 2.40. The number of ether oxygens (including phenoxy) is 1. The third-order valence-corrected chi connectivity index (χ3v) is 3.30. The molecule has 2 heterocycles. The molecule has 1 N–H and O–H groups in total. The summed E-state index contributed by atoms with van der Waals surface area (Å²) in [7, 11) is 1.76. The number of carboxylic acids is 1. The second-order valence-corrected chi connectivity index (χ2v) is 4.73. The molecule has 2 fully saturated rings. The average molecular weight is 242 g/mol. The van der Waals surface area contributed by atoms with Crippen molar-refractivity contribution in [3.05, 3.63) is 0 Å². The van der Waals surface area contributed by atoms with Gasteiger partial charge in [-0.05, 0) is 19.9 Å². The first-order valence-corrected chi connectivity index (χ1v) is 5.90. The summed E-state index contributed by atoms with van der Waals surface area (Å²) in [5, 5.41) is 9.16. The molecular formula is C11H18N2O4. The first-order chi connectivity index (χ1) is 8.08. The van der Waals surface area contributed by atoms with Gasteiger partial charge < -0.3 is 14.7 Å². The normalized spacial score (nSPS) is 30.9. The van der Waals surface area contributed by atoms with Crippen molar-refractivity contribution in [1.29, 1.82) is 0 Å². The molecule has 6 heteroatoms. The zero-order chi connectivity index (χ0) is 12.4. The Hall–Kier alpha value is -1.14. The summed E-state index contributed by atoms with van der Waals surface area (Å²) >= 11 is 0. The second-order valence-electron chi connectivity index (χ2n) is 4.73. The zero-order valence-corrected chi connectivity index (χ0v) is 9.96. The maximum atomic E-state index is 11.9. The van der Waals surface area contributed by atoms with Crippen LogP contribution in [0.1, 0.15) is 12.8 Å². The first-order valence-electron chi connectivity index (χ1n) is 5.90. The monoisotopic (exact) mass is 242 g/mol. The molecule has 1 amide bonds. The lowest BCUT2D eigenvalue weighted by atomic mass is 10.1. The van der Waals surface area contributed by atoms with Gasteiger partial charge in [-0.1, -0.05) is 0 Å². The number of rotatable bonds is 3. The van der Waals surface area contributed by atoms with Gasteiger partial charge in [-0.3, -0.25) is 9.69 Å². The number of aliphatic carboxylic acids is 1. The van der Waals surface area contributed by atoms with Crippen LogP contribution in [0.2, 0.25) is 0 Å². The molecule has 0 spiro atoms. The molecule has 2 aliphatic rings. The van der Waals surface area contributed by atoms with E-state index >= 15 is 0 Å². The van der Waals surface area contributed by atoms with Gasteiger partial charge in [0.05, 0.1) is 12.6 Å². The SMILES string of the molecule is CN1CC(=O)N(CC2CCCO2)C(C(=O)O)C1. The number of hydrogen-bond acceptors (Lipinski definition) is 4. The molecule has 96 valence electrons. The summed E-state index contributed by atoms with van der Waals surface area (Å²) in [5.41, 5.74) is 0. The van der Waals surface area contributed by atoms with E-state index in [1.165, 1.54) is 4.90 Å². The van der Waals surface area contributed by atoms with Crippen LogP contribution in [-0.2, 0) is 14.3 Å². The van der Waals surface area contributed by atoms with Gasteiger partial charge in [0.25, 0.3) is 0 Å². The highest BCUT2D eigenvalue weighted by Crippen LogP contribution is 2.17. The van der Waals surface area contributed by atoms with Crippen LogP contribution in [0.25, 0.3) is 0 Å². The number of amides is 1. The fraction of sp³-hybridized carbons (Fsp3) is 0.818. The van der Waals surface area contributed by atoms with Crippen molar-refractivity contribution in [2.75, 3.05) is 33.3 Å². The van der Waals surface area contributed by atoms with E-state index in [9.17, 15) is 9.59 Å². The molecule has 0 aromatic rings. The first kappa shape index (κ1) is 12.3. The molecule has 0 radical (unpaired) electrons. The summed E-state index contributed by atoms with van der Waals surface area (Å²) in [5.74, 6) is -1.07. The van der Waals surface area contributed by atoms with E-state index in [1.807, 2.05) is 0 Å². The van der Waals surface area contributed by atoms with E-state index in [0.717, 1.165) is 12.8 Å². The van der Waals surface area contributed by atoms with Crippen LogP contribution in [0.15, 0.2) is 0 Å². The second kappa shape index (κ2) is 5.01. The Morgan fingerprint density at radius 1 is 1.59 bits per heavy atom. The fourth-order valence-corrected chi connectivity index (χ4v) is 2.40. The number of carbonyl (C=O) groups is 2. The lowest BCUT2D eigenvalue weighted by Gasteiger charge is -2.38. The zero-order valence-electron chi connectivity index (χ0n) is 9.96. The summed E-state index contributed by atoms with van der Waals surface area (Å²) < 4.78 is 5.46. The van der Waals surface area contributed by atoms with Gasteiger partial charge >= 0.3 is 5.97 Å². The molecule has 0 aromatic heterocycles. The Balaban J connectivity index is 2.04. The number of carboxylic acid groups (broad SMARTS) is 1. The van der Waals surface area contributed by atoms with Crippen molar-refractivity contribution >= 4 is 11.9 Å². The minimum absolute atomic E-state index is 0.00389. The minimum Gasteiger partial charge on any atom is -0.480 e. The van der Waals surface area contributed by atoms with Crippen LogP contribution in [0, 0.1) is 0 Å². The lowest BCUT2D eigenvalue weighted by Crippen LogP contribution is -2.59. The molecule has 6 nitrogen and oxygen atoms in total. The topological polar surface area (TPSA) is 70.1 Å². The van der Waals surface area contributed by atoms with Crippen LogP contribution in [0.3, 0.4) is 0 Å². The van der Waals surface area contributed by atoms with E-state index in [2.05, 4.69) is 0 Å². The quantitative estimate of drug-likeness (QED) is 0.715. The van der Waals surface area contributed by atoms with Gasteiger partial charge in [-0.25, -0.2) is 4.79 Å². The summed E-state index contributed by atoms with van der Waals surface area (Å²) in [6.45, 7) is 1.79. The Bertz CT molecular complexity index is 315. The predicted molar refractivity (Wildman–Crippen MR) is 59.6 cm³/mol. The Kier molecular flexibility index (Phi) is 3.63. The third kappa shape index (κ3) is 2.76. The summed E-state index contributed by atoms with van der Waals surface area (Å²) in [6.07, 6.45) is 1.90. The van der Waals surface area contributed by atoms with E-state index < -0.39 is 12.0 Å². The van der Waals surface area contributed by atoms with Crippen molar-refractivity contribution in [1.82, 2.24) is 9.80 Å². The minimum atomic E-state index is -0.942. The van der Waals surface area contributed by atoms with Crippen LogP contribution >= 0.6 is 0 Å². The Morgan fingerprint density at radius 3 is 2.94 bits per heavy atom. The highest BCUT2D eigenvalue weighted by atomic mass is 16.5. The number of piperazine rings is 1. The van der Waals surface area contributed by atoms with Crippen molar-refractivity contribution in [3.63, 3.8) is 0 Å². The molecular weight excluding hydrogens is 224 g/mol. The largest absolute Gasteiger partial charge is 0.480 e. The molecule has 0 saturated carbocycles. The van der Waals surface area contributed by atoms with Gasteiger partial charge in [0.15, 0.2) is 0 Å². The van der Waals surface area contributed by atoms with Crippen molar-refractivity contribution in [2.24, 2.45) is 0 Å². The molecule has 17 heavy (non-hydrogen) atoms. The molecule has 2 saturated heterocycles.